The first-order valence-electron chi connectivity index (χ1n) is 27.8. The standard InChI is InChI=1S/C56H74F3N11O6S/c1-33(2)48(67-16-13-55(29-67)14-17-68(30-55)51(72)43-27-60-43)50(71)63-42-24-46-62-44(28-77-46)35-9-12-45-38(22-35)40(25-54(4,5)32-76-53(74)41-8-7-15-70(64-41)52(42)73)49(69(45)31-56(57,58)59)39-23-37(26-61-47(39)34(3)75-6)66-20-18-65(19-21-66)36-10-11-36/h9,12,22-23,26,28,33-34,36,41-43,48,60,64H,7-8,10-11,13-21,24-25,27,29-32H2,1-6H3,(H,63,71)/t34-,41-,42-,43+,48-,55-/m0/s1. The molecule has 1 saturated carbocycles. The number of thiazole rings is 1. The second kappa shape index (κ2) is 21.1. The minimum atomic E-state index is -4.60. The Kier molecular flexibility index (Phi) is 14.8. The third kappa shape index (κ3) is 11.4. The summed E-state index contributed by atoms with van der Waals surface area (Å²) >= 11 is 1.34. The minimum absolute atomic E-state index is 0.0524. The molecule has 17 nitrogen and oxygen atoms in total. The smallest absolute Gasteiger partial charge is 0.406 e. The number of piperazine rings is 1. The number of cyclic esters (lactones) is 1. The lowest BCUT2D eigenvalue weighted by Crippen LogP contribution is -2.62. The van der Waals surface area contributed by atoms with E-state index in [1.54, 1.807) is 19.2 Å². The summed E-state index contributed by atoms with van der Waals surface area (Å²) in [6.07, 6.45) is 1.98. The maximum absolute atomic E-state index is 15.1. The molecule has 11 rings (SSSR count). The molecule has 0 unspecified atom stereocenters. The van der Waals surface area contributed by atoms with Gasteiger partial charge in [0.2, 0.25) is 11.8 Å². The lowest BCUT2D eigenvalue weighted by Gasteiger charge is -2.37. The first kappa shape index (κ1) is 53.8. The Balaban J connectivity index is 0.960. The molecular weight excluding hydrogens is 1010 g/mol. The van der Waals surface area contributed by atoms with Crippen molar-refractivity contribution in [2.24, 2.45) is 16.7 Å². The van der Waals surface area contributed by atoms with Crippen molar-refractivity contribution in [2.45, 2.75) is 135 Å². The number of carbonyl (C=O) groups excluding carboxylic acids is 4. The molecule has 416 valence electrons. The van der Waals surface area contributed by atoms with Gasteiger partial charge in [0, 0.05) is 117 Å². The Morgan fingerprint density at radius 3 is 2.48 bits per heavy atom. The fourth-order valence-corrected chi connectivity index (χ4v) is 13.7. The van der Waals surface area contributed by atoms with Crippen LogP contribution in [0.15, 0.2) is 35.8 Å². The van der Waals surface area contributed by atoms with Gasteiger partial charge in [-0.2, -0.15) is 13.2 Å². The molecule has 1 aliphatic carbocycles. The Morgan fingerprint density at radius 2 is 1.77 bits per heavy atom. The summed E-state index contributed by atoms with van der Waals surface area (Å²) in [6, 6.07) is 5.46. The quantitative estimate of drug-likeness (QED) is 0.119. The number of halogens is 3. The van der Waals surface area contributed by atoms with E-state index in [2.05, 4.69) is 30.8 Å². The number of amides is 3. The zero-order valence-electron chi connectivity index (χ0n) is 45.2. The number of methoxy groups -OCH3 is 1. The number of nitrogens with one attached hydrogen (secondary N) is 3. The summed E-state index contributed by atoms with van der Waals surface area (Å²) in [5.41, 5.74) is 6.78. The molecule has 0 radical (unpaired) electrons. The third-order valence-electron chi connectivity index (χ3n) is 17.2. The van der Waals surface area contributed by atoms with Crippen LogP contribution in [-0.2, 0) is 48.0 Å². The van der Waals surface area contributed by atoms with Crippen molar-refractivity contribution in [3.63, 3.8) is 0 Å². The van der Waals surface area contributed by atoms with Crippen LogP contribution >= 0.6 is 11.3 Å². The molecule has 3 amide bonds. The van der Waals surface area contributed by atoms with Gasteiger partial charge in [0.05, 0.1) is 58.8 Å². The monoisotopic (exact) mass is 1090 g/mol. The van der Waals surface area contributed by atoms with Gasteiger partial charge in [0.1, 0.15) is 18.6 Å². The molecule has 21 heteroatoms. The van der Waals surface area contributed by atoms with Gasteiger partial charge in [-0.1, -0.05) is 33.8 Å². The number of likely N-dealkylation sites (tertiary alicyclic amines) is 2. The van der Waals surface area contributed by atoms with Crippen molar-refractivity contribution < 1.29 is 41.8 Å². The lowest BCUT2D eigenvalue weighted by atomic mass is 9.84. The first-order chi connectivity index (χ1) is 36.8. The van der Waals surface area contributed by atoms with E-state index in [9.17, 15) is 19.2 Å². The number of benzene rings is 1. The number of alkyl halides is 3. The number of aromatic nitrogens is 3. The van der Waals surface area contributed by atoms with Crippen LogP contribution in [0.2, 0.25) is 0 Å². The third-order valence-corrected chi connectivity index (χ3v) is 18.1. The van der Waals surface area contributed by atoms with Gasteiger partial charge < -0.3 is 34.5 Å². The number of carbonyl (C=O) groups is 4. The van der Waals surface area contributed by atoms with Crippen molar-refractivity contribution in [2.75, 3.05) is 84.1 Å². The predicted molar refractivity (Wildman–Crippen MR) is 287 cm³/mol. The van der Waals surface area contributed by atoms with Gasteiger partial charge in [0.25, 0.3) is 5.91 Å². The average molecular weight is 1090 g/mol. The molecule has 77 heavy (non-hydrogen) atoms. The SMILES string of the molecule is CO[C@@H](C)c1ncc(N2CCN(C3CC3)CC2)cc1-c1c2c3cc(ccc3n1CC(F)(F)F)-c1csc(n1)C[C@H](NC(=O)[C@H](C(C)C)N1CC[C@]3(CCN(C(=O)[C@H]4CN4)C3)C1)C(=O)N1CCC[C@H](N1)C(=O)OCC(C)(C)C2. The Bertz CT molecular complexity index is 2890. The first-order valence-corrected chi connectivity index (χ1v) is 28.6. The van der Waals surface area contributed by atoms with E-state index >= 15 is 13.2 Å². The summed E-state index contributed by atoms with van der Waals surface area (Å²) in [7, 11) is 1.57. The van der Waals surface area contributed by atoms with Gasteiger partial charge >= 0.3 is 12.1 Å². The fourth-order valence-electron chi connectivity index (χ4n) is 12.8. The molecule has 5 saturated heterocycles. The lowest BCUT2D eigenvalue weighted by molar-refractivity contribution is -0.155. The fraction of sp³-hybridized carbons (Fsp3) is 0.643. The van der Waals surface area contributed by atoms with Gasteiger partial charge in [-0.3, -0.25) is 39.0 Å². The van der Waals surface area contributed by atoms with Gasteiger partial charge in [-0.25, -0.2) is 10.4 Å². The second-order valence-electron chi connectivity index (χ2n) is 24.1. The van der Waals surface area contributed by atoms with E-state index in [0.29, 0.717) is 108 Å². The maximum atomic E-state index is 15.1. The maximum Gasteiger partial charge on any atom is 0.406 e. The van der Waals surface area contributed by atoms with E-state index < -0.39 is 54.2 Å². The summed E-state index contributed by atoms with van der Waals surface area (Å²) in [5.74, 6) is -1.20. The predicted octanol–water partition coefficient (Wildman–Crippen LogP) is 5.95. The van der Waals surface area contributed by atoms with Crippen LogP contribution in [-0.4, -0.2) is 173 Å². The van der Waals surface area contributed by atoms with E-state index in [0.717, 1.165) is 44.7 Å². The highest BCUT2D eigenvalue weighted by atomic mass is 32.1. The number of hydrogen-bond donors (Lipinski definition) is 3. The van der Waals surface area contributed by atoms with E-state index in [-0.39, 0.29) is 48.6 Å². The molecule has 3 N–H and O–H groups in total. The highest BCUT2D eigenvalue weighted by molar-refractivity contribution is 7.10. The molecule has 4 aromatic rings. The molecule has 6 fully saturated rings. The number of ether oxygens (including phenoxy) is 2. The Labute approximate surface area is 452 Å². The van der Waals surface area contributed by atoms with Crippen LogP contribution < -0.4 is 21.0 Å². The van der Waals surface area contributed by atoms with E-state index in [1.165, 1.54) is 33.8 Å². The number of anilines is 1. The number of pyridine rings is 1. The molecule has 6 aliphatic heterocycles. The van der Waals surface area contributed by atoms with Crippen LogP contribution in [0.25, 0.3) is 33.4 Å². The second-order valence-corrected chi connectivity index (χ2v) is 25.0. The Hall–Kier alpha value is -5.19. The summed E-state index contributed by atoms with van der Waals surface area (Å²) in [5, 5.41) is 10.8. The van der Waals surface area contributed by atoms with Gasteiger partial charge in [0.15, 0.2) is 0 Å². The summed E-state index contributed by atoms with van der Waals surface area (Å²) in [4.78, 5) is 75.8. The number of hydrogen-bond acceptors (Lipinski definition) is 14. The van der Waals surface area contributed by atoms with Gasteiger partial charge in [-0.15, -0.1) is 11.3 Å². The Morgan fingerprint density at radius 1 is 1.00 bits per heavy atom. The minimum Gasteiger partial charge on any atom is -0.464 e. The number of esters is 1. The molecule has 7 aliphatic rings. The van der Waals surface area contributed by atoms with Crippen LogP contribution in [0.3, 0.4) is 0 Å². The van der Waals surface area contributed by atoms with Crippen LogP contribution in [0, 0.1) is 16.7 Å². The topological polar surface area (TPSA) is 180 Å². The van der Waals surface area contributed by atoms with Crippen LogP contribution in [0.1, 0.15) is 95.5 Å². The molecule has 6 atom stereocenters. The van der Waals surface area contributed by atoms with Gasteiger partial charge in [-0.05, 0) is 88.1 Å². The largest absolute Gasteiger partial charge is 0.464 e. The van der Waals surface area contributed by atoms with Crippen molar-refractivity contribution in [1.82, 2.24) is 50.3 Å². The molecule has 1 aromatic carbocycles. The van der Waals surface area contributed by atoms with Crippen molar-refractivity contribution >= 4 is 51.6 Å². The van der Waals surface area contributed by atoms with Crippen molar-refractivity contribution in [1.29, 1.82) is 0 Å². The summed E-state index contributed by atoms with van der Waals surface area (Å²) in [6.45, 7) is 15.5. The molecule has 1 spiro atoms. The highest BCUT2D eigenvalue weighted by Gasteiger charge is 2.50. The molecule has 3 aromatic heterocycles. The molecular formula is C56H74F3N11O6S. The number of nitrogens with zero attached hydrogens (tertiary/aromatic N) is 8. The number of rotatable bonds is 11. The average Bonchev–Trinajstić information content (AvgIpc) is 4.30. The zero-order valence-corrected chi connectivity index (χ0v) is 46.0. The number of hydrazine groups is 1. The van der Waals surface area contributed by atoms with Crippen molar-refractivity contribution in [3.05, 3.63) is 52.1 Å². The number of fused-ring (bicyclic) bond motifs is 6. The van der Waals surface area contributed by atoms with Crippen LogP contribution in [0.4, 0.5) is 18.9 Å². The molecule has 6 bridgehead atoms. The van der Waals surface area contributed by atoms with E-state index in [4.69, 9.17) is 19.4 Å². The van der Waals surface area contributed by atoms with E-state index in [1.807, 2.05) is 63.2 Å². The normalized spacial score (nSPS) is 26.4. The summed E-state index contributed by atoms with van der Waals surface area (Å²) < 4.78 is 58.8. The highest BCUT2D eigenvalue weighted by Crippen LogP contribution is 2.45. The van der Waals surface area contributed by atoms with Crippen molar-refractivity contribution in [3.8, 4) is 22.5 Å². The zero-order chi connectivity index (χ0) is 54.1. The molecule has 9 heterocycles. The van der Waals surface area contributed by atoms with Crippen LogP contribution in [0.5, 0.6) is 0 Å².